The fraction of sp³-hybridized carbons (Fsp3) is 0.217. The van der Waals surface area contributed by atoms with E-state index in [0.717, 1.165) is 22.4 Å². The van der Waals surface area contributed by atoms with Crippen molar-refractivity contribution < 1.29 is 4.79 Å². The summed E-state index contributed by atoms with van der Waals surface area (Å²) in [5.74, 6) is -0.313. The molecule has 1 amide bonds. The van der Waals surface area contributed by atoms with Gasteiger partial charge in [-0.1, -0.05) is 45.0 Å². The Morgan fingerprint density at radius 2 is 1.68 bits per heavy atom. The van der Waals surface area contributed by atoms with Crippen molar-refractivity contribution in [3.63, 3.8) is 0 Å². The summed E-state index contributed by atoms with van der Waals surface area (Å²) in [5.41, 5.74) is 4.27. The number of carbonyl (C=O) groups excluding carboxylic acids is 1. The molecule has 0 aliphatic heterocycles. The lowest BCUT2D eigenvalue weighted by Crippen LogP contribution is -2.20. The molecule has 0 bridgehead atoms. The molecule has 144 valence electrons. The van der Waals surface area contributed by atoms with Crippen LogP contribution in [0.15, 0.2) is 65.6 Å². The lowest BCUT2D eigenvalue weighted by molar-refractivity contribution is 0.102. The molecule has 3 N–H and O–H groups in total. The predicted molar refractivity (Wildman–Crippen MR) is 115 cm³/mol. The van der Waals surface area contributed by atoms with E-state index in [4.69, 9.17) is 0 Å². The lowest BCUT2D eigenvalue weighted by atomic mass is 9.87. The fourth-order valence-corrected chi connectivity index (χ4v) is 2.91. The highest BCUT2D eigenvalue weighted by Gasteiger charge is 2.15. The van der Waals surface area contributed by atoms with Crippen LogP contribution in [-0.2, 0) is 5.41 Å². The SMILES string of the molecule is CNc1cccc(-c2c[nH]c(=O)c(NC(=O)c3ccc(C(C)(C)C)cc3)c2)c1. The molecule has 0 radical (unpaired) electrons. The minimum atomic E-state index is -0.340. The average Bonchev–Trinajstić information content (AvgIpc) is 2.69. The van der Waals surface area contributed by atoms with Gasteiger partial charge >= 0.3 is 0 Å². The number of aromatic nitrogens is 1. The number of anilines is 2. The van der Waals surface area contributed by atoms with Gasteiger partial charge in [0.1, 0.15) is 5.69 Å². The Morgan fingerprint density at radius 3 is 2.32 bits per heavy atom. The van der Waals surface area contributed by atoms with Gasteiger partial charge in [0.15, 0.2) is 0 Å². The van der Waals surface area contributed by atoms with Gasteiger partial charge in [-0.3, -0.25) is 9.59 Å². The van der Waals surface area contributed by atoms with Gasteiger partial charge in [-0.15, -0.1) is 0 Å². The Kier molecular flexibility index (Phi) is 5.36. The molecule has 0 fully saturated rings. The second-order valence-electron chi connectivity index (χ2n) is 7.74. The van der Waals surface area contributed by atoms with Gasteiger partial charge in [0.2, 0.25) is 0 Å². The van der Waals surface area contributed by atoms with Crippen molar-refractivity contribution >= 4 is 17.3 Å². The number of H-pyrrole nitrogens is 1. The number of aromatic amines is 1. The summed E-state index contributed by atoms with van der Waals surface area (Å²) in [6.45, 7) is 6.36. The first kappa shape index (κ1) is 19.4. The number of nitrogens with one attached hydrogen (secondary N) is 3. The molecule has 28 heavy (non-hydrogen) atoms. The van der Waals surface area contributed by atoms with Gasteiger partial charge in [-0.05, 0) is 46.9 Å². The molecule has 0 atom stereocenters. The third kappa shape index (κ3) is 4.31. The number of rotatable bonds is 4. The first-order chi connectivity index (χ1) is 13.3. The van der Waals surface area contributed by atoms with Crippen molar-refractivity contribution in [1.29, 1.82) is 0 Å². The van der Waals surface area contributed by atoms with Crippen LogP contribution in [0.4, 0.5) is 11.4 Å². The summed E-state index contributed by atoms with van der Waals surface area (Å²) in [6.07, 6.45) is 1.64. The number of hydrogen-bond acceptors (Lipinski definition) is 3. The Morgan fingerprint density at radius 1 is 0.964 bits per heavy atom. The van der Waals surface area contributed by atoms with Gasteiger partial charge < -0.3 is 15.6 Å². The third-order valence-electron chi connectivity index (χ3n) is 4.65. The van der Waals surface area contributed by atoms with Gasteiger partial charge in [-0.2, -0.15) is 0 Å². The van der Waals surface area contributed by atoms with Crippen LogP contribution in [0.25, 0.3) is 11.1 Å². The minimum absolute atomic E-state index is 0.0162. The van der Waals surface area contributed by atoms with Crippen molar-refractivity contribution in [3.8, 4) is 11.1 Å². The van der Waals surface area contributed by atoms with E-state index in [9.17, 15) is 9.59 Å². The maximum Gasteiger partial charge on any atom is 0.271 e. The van der Waals surface area contributed by atoms with Crippen molar-refractivity contribution in [3.05, 3.63) is 82.3 Å². The first-order valence-electron chi connectivity index (χ1n) is 9.21. The van der Waals surface area contributed by atoms with E-state index in [-0.39, 0.29) is 22.6 Å². The van der Waals surface area contributed by atoms with E-state index in [2.05, 4.69) is 36.4 Å². The highest BCUT2D eigenvalue weighted by molar-refractivity contribution is 6.04. The molecular weight excluding hydrogens is 350 g/mol. The van der Waals surface area contributed by atoms with Gasteiger partial charge in [0, 0.05) is 30.1 Å². The van der Waals surface area contributed by atoms with Crippen LogP contribution < -0.4 is 16.2 Å². The van der Waals surface area contributed by atoms with Crippen molar-refractivity contribution in [2.75, 3.05) is 17.7 Å². The molecule has 2 aromatic carbocycles. The Hall–Kier alpha value is -3.34. The number of hydrogen-bond donors (Lipinski definition) is 3. The molecule has 5 nitrogen and oxygen atoms in total. The van der Waals surface area contributed by atoms with Crippen LogP contribution in [-0.4, -0.2) is 17.9 Å². The number of pyridine rings is 1. The highest BCUT2D eigenvalue weighted by Crippen LogP contribution is 2.24. The summed E-state index contributed by atoms with van der Waals surface area (Å²) in [4.78, 5) is 27.5. The Balaban J connectivity index is 1.85. The van der Waals surface area contributed by atoms with Crippen LogP contribution in [0.5, 0.6) is 0 Å². The van der Waals surface area contributed by atoms with Crippen LogP contribution >= 0.6 is 0 Å². The van der Waals surface area contributed by atoms with Crippen molar-refractivity contribution in [2.24, 2.45) is 0 Å². The molecule has 0 aliphatic carbocycles. The van der Waals surface area contributed by atoms with E-state index in [1.807, 2.05) is 43.4 Å². The van der Waals surface area contributed by atoms with Crippen molar-refractivity contribution in [1.82, 2.24) is 4.98 Å². The standard InChI is InChI=1S/C23H25N3O2/c1-23(2,3)18-10-8-15(9-11-18)21(27)26-20-13-17(14-25-22(20)28)16-6-5-7-19(12-16)24-4/h5-14,24H,1-4H3,(H,25,28)(H,26,27). The fourth-order valence-electron chi connectivity index (χ4n) is 2.91. The number of benzene rings is 2. The zero-order chi connectivity index (χ0) is 20.3. The van der Waals surface area contributed by atoms with Crippen LogP contribution in [0.3, 0.4) is 0 Å². The van der Waals surface area contributed by atoms with E-state index < -0.39 is 0 Å². The van der Waals surface area contributed by atoms with Gasteiger partial charge in [-0.25, -0.2) is 0 Å². The molecular formula is C23H25N3O2. The topological polar surface area (TPSA) is 74.0 Å². The smallest absolute Gasteiger partial charge is 0.271 e. The van der Waals surface area contributed by atoms with Crippen molar-refractivity contribution in [2.45, 2.75) is 26.2 Å². The van der Waals surface area contributed by atoms with Crippen LogP contribution in [0.1, 0.15) is 36.7 Å². The second-order valence-corrected chi connectivity index (χ2v) is 7.74. The second kappa shape index (κ2) is 7.72. The normalized spacial score (nSPS) is 11.1. The van der Waals surface area contributed by atoms with Crippen LogP contribution in [0.2, 0.25) is 0 Å². The highest BCUT2D eigenvalue weighted by atomic mass is 16.2. The molecule has 0 unspecified atom stereocenters. The largest absolute Gasteiger partial charge is 0.388 e. The van der Waals surface area contributed by atoms with E-state index >= 15 is 0 Å². The first-order valence-corrected chi connectivity index (χ1v) is 9.21. The van der Waals surface area contributed by atoms with E-state index in [1.54, 1.807) is 24.4 Å². The molecule has 3 rings (SSSR count). The third-order valence-corrected chi connectivity index (χ3v) is 4.65. The lowest BCUT2D eigenvalue weighted by Gasteiger charge is -2.19. The summed E-state index contributed by atoms with van der Waals surface area (Å²) in [6, 6.07) is 17.0. The van der Waals surface area contributed by atoms with Gasteiger partial charge in [0.05, 0.1) is 0 Å². The zero-order valence-corrected chi connectivity index (χ0v) is 16.6. The summed E-state index contributed by atoms with van der Waals surface area (Å²) >= 11 is 0. The van der Waals surface area contributed by atoms with Gasteiger partial charge in [0.25, 0.3) is 11.5 Å². The zero-order valence-electron chi connectivity index (χ0n) is 16.6. The summed E-state index contributed by atoms with van der Waals surface area (Å²) < 4.78 is 0. The Bertz CT molecular complexity index is 1040. The number of carbonyl (C=O) groups is 1. The predicted octanol–water partition coefficient (Wildman–Crippen LogP) is 4.63. The molecule has 3 aromatic rings. The molecule has 1 heterocycles. The molecule has 0 spiro atoms. The quantitative estimate of drug-likeness (QED) is 0.622. The van der Waals surface area contributed by atoms with E-state index in [0.29, 0.717) is 5.56 Å². The summed E-state index contributed by atoms with van der Waals surface area (Å²) in [7, 11) is 1.85. The van der Waals surface area contributed by atoms with Crippen LogP contribution in [0, 0.1) is 0 Å². The maximum absolute atomic E-state index is 12.6. The molecule has 1 aromatic heterocycles. The minimum Gasteiger partial charge on any atom is -0.388 e. The summed E-state index contributed by atoms with van der Waals surface area (Å²) in [5, 5.41) is 5.82. The monoisotopic (exact) mass is 375 g/mol. The Labute approximate surface area is 164 Å². The van der Waals surface area contributed by atoms with E-state index in [1.165, 1.54) is 0 Å². The average molecular weight is 375 g/mol. The number of amides is 1. The molecule has 0 saturated heterocycles. The molecule has 5 heteroatoms. The molecule has 0 aliphatic rings. The molecule has 0 saturated carbocycles. The maximum atomic E-state index is 12.6.